The predicted octanol–water partition coefficient (Wildman–Crippen LogP) is 4.73. The van der Waals surface area contributed by atoms with Gasteiger partial charge in [-0.05, 0) is 41.5 Å². The zero-order chi connectivity index (χ0) is 22.7. The first-order valence-electron chi connectivity index (χ1n) is 8.30. The summed E-state index contributed by atoms with van der Waals surface area (Å²) in [6.45, 7) is 0. The Balaban J connectivity index is 2.20. The van der Waals surface area contributed by atoms with Crippen molar-refractivity contribution in [3.8, 4) is 0 Å². The summed E-state index contributed by atoms with van der Waals surface area (Å²) in [4.78, 5) is 23.5. The summed E-state index contributed by atoms with van der Waals surface area (Å²) >= 11 is 5.73. The number of amides is 1. The van der Waals surface area contributed by atoms with E-state index in [1.165, 1.54) is 24.3 Å². The molecule has 0 spiro atoms. The second-order valence-corrected chi connectivity index (χ2v) is 6.82. The molecule has 4 nitrogen and oxygen atoms in total. The van der Waals surface area contributed by atoms with Gasteiger partial charge >= 0.3 is 18.3 Å². The second-order valence-electron chi connectivity index (χ2n) is 6.38. The van der Waals surface area contributed by atoms with Crippen LogP contribution in [0.2, 0.25) is 5.02 Å². The van der Waals surface area contributed by atoms with E-state index in [9.17, 15) is 41.0 Å². The molecule has 0 radical (unpaired) electrons. The molecule has 2 N–H and O–H groups in total. The van der Waals surface area contributed by atoms with Crippen LogP contribution in [0.25, 0.3) is 0 Å². The molecule has 0 aromatic heterocycles. The van der Waals surface area contributed by atoms with Crippen LogP contribution < -0.4 is 5.32 Å². The van der Waals surface area contributed by atoms with E-state index in [1.807, 2.05) is 0 Å². The maximum atomic E-state index is 12.9. The van der Waals surface area contributed by atoms with Gasteiger partial charge in [-0.1, -0.05) is 23.7 Å². The number of benzene rings is 2. The average Bonchev–Trinajstić information content (AvgIpc) is 2.61. The average molecular weight is 454 g/mol. The number of carboxylic acids is 1. The van der Waals surface area contributed by atoms with Crippen LogP contribution in [-0.2, 0) is 34.8 Å². The maximum Gasteiger partial charge on any atom is 0.416 e. The molecule has 0 bridgehead atoms. The Bertz CT molecular complexity index is 893. The topological polar surface area (TPSA) is 66.4 Å². The molecule has 0 saturated carbocycles. The lowest BCUT2D eigenvalue weighted by Gasteiger charge is -2.16. The van der Waals surface area contributed by atoms with Crippen molar-refractivity contribution < 1.29 is 41.0 Å². The van der Waals surface area contributed by atoms with Gasteiger partial charge in [0.25, 0.3) is 0 Å². The monoisotopic (exact) mass is 453 g/mol. The standard InChI is InChI=1S/C19H14ClF6NO3/c20-14-3-1-10(2-4-14)7-15(17(29)30)27-16(28)8-11-5-12(18(21,22)23)9-13(6-11)19(24,25)26/h1-6,9,15H,7-8H2,(H,27,28)(H,29,30)/t15-/m1/s1. The third-order valence-electron chi connectivity index (χ3n) is 4.00. The minimum Gasteiger partial charge on any atom is -0.480 e. The highest BCUT2D eigenvalue weighted by Crippen LogP contribution is 2.36. The predicted molar refractivity (Wildman–Crippen MR) is 94.9 cm³/mol. The van der Waals surface area contributed by atoms with Crippen LogP contribution in [0.3, 0.4) is 0 Å². The van der Waals surface area contributed by atoms with Crippen LogP contribution in [0.5, 0.6) is 0 Å². The third kappa shape index (κ3) is 6.65. The zero-order valence-corrected chi connectivity index (χ0v) is 15.7. The lowest BCUT2D eigenvalue weighted by atomic mass is 10.0. The summed E-state index contributed by atoms with van der Waals surface area (Å²) in [5, 5.41) is 11.8. The number of hydrogen-bond donors (Lipinski definition) is 2. The number of carbonyl (C=O) groups excluding carboxylic acids is 1. The number of nitrogens with one attached hydrogen (secondary N) is 1. The molecular formula is C19H14ClF6NO3. The molecule has 0 heterocycles. The first-order valence-corrected chi connectivity index (χ1v) is 8.68. The fourth-order valence-corrected chi connectivity index (χ4v) is 2.73. The number of alkyl halides is 6. The highest BCUT2D eigenvalue weighted by Gasteiger charge is 2.37. The molecule has 0 fully saturated rings. The van der Waals surface area contributed by atoms with Crippen LogP contribution in [-0.4, -0.2) is 23.0 Å². The molecule has 0 aliphatic carbocycles. The van der Waals surface area contributed by atoms with E-state index < -0.39 is 53.4 Å². The minimum absolute atomic E-state index is 0.0536. The van der Waals surface area contributed by atoms with Gasteiger partial charge in [-0.25, -0.2) is 4.79 Å². The first-order chi connectivity index (χ1) is 13.8. The third-order valence-corrected chi connectivity index (χ3v) is 4.25. The molecule has 0 aliphatic heterocycles. The molecule has 0 unspecified atom stereocenters. The SMILES string of the molecule is O=C(Cc1cc(C(F)(F)F)cc(C(F)(F)F)c1)N[C@H](Cc1ccc(Cl)cc1)C(=O)O. The normalized spacial score (nSPS) is 13.0. The molecule has 1 atom stereocenters. The lowest BCUT2D eigenvalue weighted by molar-refractivity contribution is -0.143. The largest absolute Gasteiger partial charge is 0.480 e. The van der Waals surface area contributed by atoms with Crippen LogP contribution >= 0.6 is 11.6 Å². The van der Waals surface area contributed by atoms with Gasteiger partial charge in [-0.3, -0.25) is 4.79 Å². The van der Waals surface area contributed by atoms with Gasteiger partial charge in [0, 0.05) is 11.4 Å². The molecule has 2 aromatic carbocycles. The quantitative estimate of drug-likeness (QED) is 0.621. The van der Waals surface area contributed by atoms with Crippen LogP contribution in [0.15, 0.2) is 42.5 Å². The Kier molecular flexibility index (Phi) is 7.02. The smallest absolute Gasteiger partial charge is 0.416 e. The van der Waals surface area contributed by atoms with Gasteiger partial charge < -0.3 is 10.4 Å². The van der Waals surface area contributed by atoms with E-state index in [1.54, 1.807) is 0 Å². The molecule has 1 amide bonds. The Morgan fingerprint density at radius 2 is 1.40 bits per heavy atom. The van der Waals surface area contributed by atoms with E-state index in [0.717, 1.165) is 0 Å². The van der Waals surface area contributed by atoms with Crippen molar-refractivity contribution in [3.05, 3.63) is 69.7 Å². The highest BCUT2D eigenvalue weighted by molar-refractivity contribution is 6.30. The Hall–Kier alpha value is -2.75. The van der Waals surface area contributed by atoms with Crippen molar-refractivity contribution in [2.75, 3.05) is 0 Å². The van der Waals surface area contributed by atoms with Crippen LogP contribution in [0.1, 0.15) is 22.3 Å². The minimum atomic E-state index is -5.05. The number of halogens is 7. The zero-order valence-electron chi connectivity index (χ0n) is 14.9. The van der Waals surface area contributed by atoms with Crippen molar-refractivity contribution in [3.63, 3.8) is 0 Å². The van der Waals surface area contributed by atoms with E-state index in [4.69, 9.17) is 11.6 Å². The molecule has 0 saturated heterocycles. The van der Waals surface area contributed by atoms with Crippen molar-refractivity contribution in [1.29, 1.82) is 0 Å². The summed E-state index contributed by atoms with van der Waals surface area (Å²) in [5.41, 5.74) is -3.16. The van der Waals surface area contributed by atoms with E-state index in [2.05, 4.69) is 5.32 Å². The van der Waals surface area contributed by atoms with Crippen molar-refractivity contribution in [2.24, 2.45) is 0 Å². The number of aliphatic carboxylic acids is 1. The fraction of sp³-hybridized carbons (Fsp3) is 0.263. The summed E-state index contributed by atoms with van der Waals surface area (Å²) in [5.74, 6) is -2.46. The molecule has 11 heteroatoms. The second kappa shape index (κ2) is 8.95. The van der Waals surface area contributed by atoms with Gasteiger partial charge in [0.2, 0.25) is 5.91 Å². The van der Waals surface area contributed by atoms with E-state index in [0.29, 0.717) is 22.7 Å². The Morgan fingerprint density at radius 1 is 0.900 bits per heavy atom. The molecule has 2 rings (SSSR count). The lowest BCUT2D eigenvalue weighted by Crippen LogP contribution is -2.43. The highest BCUT2D eigenvalue weighted by atomic mass is 35.5. The van der Waals surface area contributed by atoms with E-state index in [-0.39, 0.29) is 12.5 Å². The summed E-state index contributed by atoms with van der Waals surface area (Å²) in [6, 6.07) is 5.39. The van der Waals surface area contributed by atoms with Gasteiger partial charge in [0.05, 0.1) is 17.5 Å². The van der Waals surface area contributed by atoms with Gasteiger partial charge in [-0.2, -0.15) is 26.3 Å². The van der Waals surface area contributed by atoms with Crippen LogP contribution in [0.4, 0.5) is 26.3 Å². The van der Waals surface area contributed by atoms with Crippen molar-refractivity contribution >= 4 is 23.5 Å². The van der Waals surface area contributed by atoms with Gasteiger partial charge in [-0.15, -0.1) is 0 Å². The van der Waals surface area contributed by atoms with E-state index >= 15 is 0 Å². The summed E-state index contributed by atoms with van der Waals surface area (Å²) < 4.78 is 77.4. The van der Waals surface area contributed by atoms with Crippen molar-refractivity contribution in [2.45, 2.75) is 31.2 Å². The molecule has 30 heavy (non-hydrogen) atoms. The fourth-order valence-electron chi connectivity index (χ4n) is 2.61. The number of hydrogen-bond acceptors (Lipinski definition) is 2. The molecule has 0 aliphatic rings. The molecule has 2 aromatic rings. The maximum absolute atomic E-state index is 12.9. The number of rotatable bonds is 6. The summed E-state index contributed by atoms with van der Waals surface area (Å²) in [6.07, 6.45) is -11.1. The van der Waals surface area contributed by atoms with Gasteiger partial charge in [0.15, 0.2) is 0 Å². The molecular weight excluding hydrogens is 440 g/mol. The summed E-state index contributed by atoms with van der Waals surface area (Å²) in [7, 11) is 0. The molecule has 162 valence electrons. The Labute approximate surface area is 171 Å². The van der Waals surface area contributed by atoms with Crippen molar-refractivity contribution in [1.82, 2.24) is 5.32 Å². The Morgan fingerprint density at radius 3 is 1.83 bits per heavy atom. The number of carbonyl (C=O) groups is 2. The van der Waals surface area contributed by atoms with Crippen LogP contribution in [0, 0.1) is 0 Å². The van der Waals surface area contributed by atoms with Gasteiger partial charge in [0.1, 0.15) is 6.04 Å². The first kappa shape index (κ1) is 23.5. The number of carboxylic acid groups (broad SMARTS) is 1.